The lowest BCUT2D eigenvalue weighted by Crippen LogP contribution is -2.35. The minimum atomic E-state index is -0.412. The normalized spacial score (nSPS) is 12.4. The van der Waals surface area contributed by atoms with Gasteiger partial charge in [0.15, 0.2) is 0 Å². The van der Waals surface area contributed by atoms with Crippen molar-refractivity contribution in [3.63, 3.8) is 0 Å². The van der Waals surface area contributed by atoms with Crippen molar-refractivity contribution in [1.82, 2.24) is 5.48 Å². The topological polar surface area (TPSA) is 38.3 Å². The Bertz CT molecular complexity index is 919. The molecule has 30 heavy (non-hydrogen) atoms. The van der Waals surface area contributed by atoms with Crippen LogP contribution in [0.3, 0.4) is 0 Å². The van der Waals surface area contributed by atoms with Crippen molar-refractivity contribution in [3.05, 3.63) is 90.5 Å². The van der Waals surface area contributed by atoms with Crippen LogP contribution in [-0.4, -0.2) is 16.8 Å². The first-order valence-electron chi connectivity index (χ1n) is 10.2. The summed E-state index contributed by atoms with van der Waals surface area (Å²) in [5.74, 6) is -0.0979. The van der Waals surface area contributed by atoms with Gasteiger partial charge in [-0.15, -0.1) is 11.8 Å². The quantitative estimate of drug-likeness (QED) is 0.344. The van der Waals surface area contributed by atoms with E-state index in [1.54, 1.807) is 11.8 Å². The highest BCUT2D eigenvalue weighted by Crippen LogP contribution is 2.30. The van der Waals surface area contributed by atoms with Gasteiger partial charge in [-0.2, -0.15) is 0 Å². The van der Waals surface area contributed by atoms with Gasteiger partial charge in [-0.25, -0.2) is 5.48 Å². The van der Waals surface area contributed by atoms with Crippen LogP contribution in [0.1, 0.15) is 32.8 Å². The van der Waals surface area contributed by atoms with Crippen LogP contribution in [0.4, 0.5) is 0 Å². The third-order valence-electron chi connectivity index (χ3n) is 4.45. The Morgan fingerprint density at radius 3 is 2.03 bits per heavy atom. The molecule has 0 radical (unpaired) electrons. The summed E-state index contributed by atoms with van der Waals surface area (Å²) < 4.78 is 0. The smallest absolute Gasteiger partial charge is 0.244 e. The van der Waals surface area contributed by atoms with E-state index in [1.165, 1.54) is 16.7 Å². The molecule has 0 spiro atoms. The molecule has 3 rings (SSSR count). The largest absolute Gasteiger partial charge is 0.273 e. The molecule has 0 aromatic heterocycles. The molecule has 1 atom stereocenters. The number of hydrogen-bond acceptors (Lipinski definition) is 3. The molecule has 4 heteroatoms. The highest BCUT2D eigenvalue weighted by atomic mass is 32.2. The maximum Gasteiger partial charge on any atom is 0.244 e. The average Bonchev–Trinajstić information content (AvgIpc) is 2.74. The fourth-order valence-electron chi connectivity index (χ4n) is 3.04. The van der Waals surface area contributed by atoms with Crippen molar-refractivity contribution >= 4 is 17.7 Å². The van der Waals surface area contributed by atoms with Crippen LogP contribution in [0.15, 0.2) is 89.8 Å². The predicted molar refractivity (Wildman–Crippen MR) is 125 cm³/mol. The van der Waals surface area contributed by atoms with E-state index in [4.69, 9.17) is 4.84 Å². The van der Waals surface area contributed by atoms with E-state index in [9.17, 15) is 4.79 Å². The number of rotatable bonds is 8. The van der Waals surface area contributed by atoms with Crippen LogP contribution < -0.4 is 5.48 Å². The summed E-state index contributed by atoms with van der Waals surface area (Å²) in [6, 6.07) is 29.2. The number of amides is 1. The van der Waals surface area contributed by atoms with Crippen molar-refractivity contribution in [3.8, 4) is 11.1 Å². The Labute approximate surface area is 183 Å². The van der Waals surface area contributed by atoms with Gasteiger partial charge in [0, 0.05) is 16.6 Å². The molecule has 0 saturated heterocycles. The zero-order chi connectivity index (χ0) is 21.4. The second kappa shape index (κ2) is 10.5. The SMILES string of the molecule is CC(C)(C)ONC(=O)CC(Cc1ccccc1)Sc1ccc(-c2ccccc2)cc1. The van der Waals surface area contributed by atoms with Crippen molar-refractivity contribution in [2.75, 3.05) is 0 Å². The zero-order valence-corrected chi connectivity index (χ0v) is 18.6. The monoisotopic (exact) mass is 419 g/mol. The lowest BCUT2D eigenvalue weighted by Gasteiger charge is -2.21. The minimum absolute atomic E-state index is 0.0979. The number of carbonyl (C=O) groups is 1. The zero-order valence-electron chi connectivity index (χ0n) is 17.8. The molecule has 0 heterocycles. The van der Waals surface area contributed by atoms with Gasteiger partial charge in [0.05, 0.1) is 5.60 Å². The summed E-state index contributed by atoms with van der Waals surface area (Å²) in [7, 11) is 0. The summed E-state index contributed by atoms with van der Waals surface area (Å²) in [4.78, 5) is 19.1. The van der Waals surface area contributed by atoms with Crippen LogP contribution in [-0.2, 0) is 16.1 Å². The van der Waals surface area contributed by atoms with Crippen molar-refractivity contribution in [1.29, 1.82) is 0 Å². The Hall–Kier alpha value is -2.56. The molecule has 156 valence electrons. The van der Waals surface area contributed by atoms with Gasteiger partial charge in [-0.1, -0.05) is 72.8 Å². The van der Waals surface area contributed by atoms with Crippen molar-refractivity contribution in [2.24, 2.45) is 0 Å². The molecule has 0 aliphatic carbocycles. The fourth-order valence-corrected chi connectivity index (χ4v) is 4.23. The van der Waals surface area contributed by atoms with Crippen LogP contribution in [0.5, 0.6) is 0 Å². The van der Waals surface area contributed by atoms with Gasteiger partial charge in [0.1, 0.15) is 0 Å². The first kappa shape index (κ1) is 22.1. The van der Waals surface area contributed by atoms with E-state index < -0.39 is 5.60 Å². The lowest BCUT2D eigenvalue weighted by molar-refractivity contribution is -0.145. The summed E-state index contributed by atoms with van der Waals surface area (Å²) >= 11 is 1.73. The Morgan fingerprint density at radius 2 is 1.43 bits per heavy atom. The van der Waals surface area contributed by atoms with Crippen molar-refractivity contribution in [2.45, 2.75) is 49.4 Å². The molecule has 1 amide bonds. The van der Waals surface area contributed by atoms with Crippen LogP contribution in [0.25, 0.3) is 11.1 Å². The van der Waals surface area contributed by atoms with E-state index in [2.05, 4.69) is 54.0 Å². The molecule has 3 aromatic rings. The number of thioether (sulfide) groups is 1. The van der Waals surface area contributed by atoms with E-state index in [1.807, 2.05) is 57.2 Å². The minimum Gasteiger partial charge on any atom is -0.273 e. The summed E-state index contributed by atoms with van der Waals surface area (Å²) in [6.07, 6.45) is 1.20. The molecule has 0 aliphatic heterocycles. The molecular formula is C26H29NO2S. The summed E-state index contributed by atoms with van der Waals surface area (Å²) in [5, 5.41) is 0.110. The highest BCUT2D eigenvalue weighted by Gasteiger charge is 2.19. The van der Waals surface area contributed by atoms with Gasteiger partial charge in [0.25, 0.3) is 0 Å². The van der Waals surface area contributed by atoms with Crippen molar-refractivity contribution < 1.29 is 9.63 Å². The molecule has 0 bridgehead atoms. The number of benzene rings is 3. The molecular weight excluding hydrogens is 390 g/mol. The number of nitrogens with one attached hydrogen (secondary N) is 1. The second-order valence-corrected chi connectivity index (χ2v) is 9.64. The molecule has 0 saturated carbocycles. The van der Waals surface area contributed by atoms with Gasteiger partial charge in [-0.05, 0) is 56.0 Å². The molecule has 0 aliphatic rings. The number of carbonyl (C=O) groups excluding carboxylic acids is 1. The average molecular weight is 420 g/mol. The number of hydroxylamine groups is 1. The van der Waals surface area contributed by atoms with Crippen LogP contribution in [0, 0.1) is 0 Å². The predicted octanol–water partition coefficient (Wildman–Crippen LogP) is 6.29. The summed E-state index contributed by atoms with van der Waals surface area (Å²) in [6.45, 7) is 5.74. The number of hydrogen-bond donors (Lipinski definition) is 1. The van der Waals surface area contributed by atoms with Crippen LogP contribution in [0.2, 0.25) is 0 Å². The standard InChI is InChI=1S/C26H29NO2S/c1-26(2,3)29-27-25(28)19-24(18-20-10-6-4-7-11-20)30-23-16-14-22(15-17-23)21-12-8-5-9-13-21/h4-17,24H,18-19H2,1-3H3,(H,27,28). The molecule has 1 N–H and O–H groups in total. The Morgan fingerprint density at radius 1 is 0.867 bits per heavy atom. The third kappa shape index (κ3) is 7.36. The maximum atomic E-state index is 12.5. The van der Waals surface area contributed by atoms with E-state index in [0.29, 0.717) is 6.42 Å². The first-order chi connectivity index (χ1) is 14.4. The van der Waals surface area contributed by atoms with Gasteiger partial charge >= 0.3 is 0 Å². The first-order valence-corrected chi connectivity index (χ1v) is 11.1. The lowest BCUT2D eigenvalue weighted by atomic mass is 10.1. The maximum absolute atomic E-state index is 12.5. The summed E-state index contributed by atoms with van der Waals surface area (Å²) in [5.41, 5.74) is 5.81. The molecule has 3 aromatic carbocycles. The van der Waals surface area contributed by atoms with Crippen LogP contribution >= 0.6 is 11.8 Å². The van der Waals surface area contributed by atoms with Gasteiger partial charge < -0.3 is 0 Å². The third-order valence-corrected chi connectivity index (χ3v) is 5.67. The van der Waals surface area contributed by atoms with E-state index in [-0.39, 0.29) is 11.2 Å². The van der Waals surface area contributed by atoms with E-state index >= 15 is 0 Å². The second-order valence-electron chi connectivity index (χ2n) is 8.26. The Balaban J connectivity index is 1.69. The molecule has 3 nitrogen and oxygen atoms in total. The molecule has 1 unspecified atom stereocenters. The highest BCUT2D eigenvalue weighted by molar-refractivity contribution is 8.00. The molecule has 0 fully saturated rings. The van der Waals surface area contributed by atoms with Gasteiger partial charge in [0.2, 0.25) is 5.91 Å². The Kier molecular flexibility index (Phi) is 7.72. The fraction of sp³-hybridized carbons (Fsp3) is 0.269. The van der Waals surface area contributed by atoms with E-state index in [0.717, 1.165) is 11.3 Å². The van der Waals surface area contributed by atoms with Gasteiger partial charge in [-0.3, -0.25) is 9.63 Å².